The summed E-state index contributed by atoms with van der Waals surface area (Å²) in [5.41, 5.74) is 1.72. The second kappa shape index (κ2) is 7.77. The zero-order valence-electron chi connectivity index (χ0n) is 17.4. The average molecular weight is 442 g/mol. The van der Waals surface area contributed by atoms with E-state index in [0.717, 1.165) is 16.9 Å². The number of fused-ring (bicyclic) bond motifs is 1. The molecule has 0 saturated carbocycles. The third kappa shape index (κ3) is 4.16. The minimum Gasteiger partial charge on any atom is -0.507 e. The number of benzene rings is 2. The third-order valence-corrected chi connectivity index (χ3v) is 6.27. The van der Waals surface area contributed by atoms with Gasteiger partial charge in [-0.2, -0.15) is 0 Å². The molecule has 7 nitrogen and oxygen atoms in total. The number of aromatic hydroxyl groups is 2. The number of aromatic amines is 1. The number of phenolic OH excluding ortho intramolecular Hbond substituents is 1. The molecule has 1 unspecified atom stereocenters. The highest BCUT2D eigenvalue weighted by atomic mass is 32.1. The van der Waals surface area contributed by atoms with E-state index in [0.29, 0.717) is 39.5 Å². The molecule has 3 N–H and O–H groups in total. The highest BCUT2D eigenvalue weighted by molar-refractivity contribution is 7.09. The van der Waals surface area contributed by atoms with E-state index in [2.05, 4.69) is 4.98 Å². The number of carbonyl (C=O) groups excluding carboxylic acids is 1. The van der Waals surface area contributed by atoms with Crippen molar-refractivity contribution in [2.24, 2.45) is 0 Å². The van der Waals surface area contributed by atoms with E-state index in [9.17, 15) is 19.8 Å². The molecule has 0 amide bonds. The van der Waals surface area contributed by atoms with Gasteiger partial charge in [0, 0.05) is 12.0 Å². The predicted octanol–water partition coefficient (Wildman–Crippen LogP) is 3.86. The highest BCUT2D eigenvalue weighted by Gasteiger charge is 2.39. The number of nitrogens with one attached hydrogen (secondary N) is 1. The summed E-state index contributed by atoms with van der Waals surface area (Å²) >= 11 is 0.983. The minimum absolute atomic E-state index is 0.0826. The molecular formula is C23H23NO6S. The molecule has 1 aromatic heterocycles. The van der Waals surface area contributed by atoms with Crippen LogP contribution in [0.2, 0.25) is 0 Å². The average Bonchev–Trinajstić information content (AvgIpc) is 3.02. The summed E-state index contributed by atoms with van der Waals surface area (Å²) in [5, 5.41) is 19.9. The Labute approximate surface area is 182 Å². The van der Waals surface area contributed by atoms with Gasteiger partial charge in [-0.15, -0.1) is 0 Å². The van der Waals surface area contributed by atoms with Gasteiger partial charge in [-0.25, -0.2) is 0 Å². The van der Waals surface area contributed by atoms with Gasteiger partial charge >= 0.3 is 4.87 Å². The maximum atomic E-state index is 12.8. The van der Waals surface area contributed by atoms with Gasteiger partial charge in [-0.1, -0.05) is 23.5 Å². The number of rotatable bonds is 5. The van der Waals surface area contributed by atoms with E-state index in [-0.39, 0.29) is 35.3 Å². The molecule has 0 fully saturated rings. The number of phenols is 1. The lowest BCUT2D eigenvalue weighted by atomic mass is 9.88. The quantitative estimate of drug-likeness (QED) is 0.555. The van der Waals surface area contributed by atoms with Gasteiger partial charge in [-0.3, -0.25) is 14.6 Å². The van der Waals surface area contributed by atoms with Crippen molar-refractivity contribution < 1.29 is 24.5 Å². The van der Waals surface area contributed by atoms with Crippen LogP contribution in [0.1, 0.15) is 45.3 Å². The van der Waals surface area contributed by atoms with Crippen LogP contribution in [0, 0.1) is 13.8 Å². The Kier molecular flexibility index (Phi) is 5.26. The lowest BCUT2D eigenvalue weighted by Gasteiger charge is -2.35. The van der Waals surface area contributed by atoms with Crippen LogP contribution in [-0.2, 0) is 6.42 Å². The van der Waals surface area contributed by atoms with E-state index < -0.39 is 5.60 Å². The number of hydrogen-bond acceptors (Lipinski definition) is 7. The zero-order valence-corrected chi connectivity index (χ0v) is 18.3. The fraction of sp³-hybridized carbons (Fsp3) is 0.304. The third-order valence-electron chi connectivity index (χ3n) is 5.40. The van der Waals surface area contributed by atoms with Crippen molar-refractivity contribution in [1.82, 2.24) is 4.98 Å². The molecule has 0 radical (unpaired) electrons. The van der Waals surface area contributed by atoms with Gasteiger partial charge in [0.1, 0.15) is 29.5 Å². The molecule has 0 spiro atoms. The first-order valence-electron chi connectivity index (χ1n) is 9.83. The van der Waals surface area contributed by atoms with Crippen molar-refractivity contribution in [2.75, 3.05) is 6.61 Å². The van der Waals surface area contributed by atoms with Crippen molar-refractivity contribution >= 4 is 17.1 Å². The Hall–Kier alpha value is -3.26. The number of aryl methyl sites for hydroxylation is 1. The molecule has 2 heterocycles. The van der Waals surface area contributed by atoms with Crippen LogP contribution in [0.15, 0.2) is 35.1 Å². The van der Waals surface area contributed by atoms with Gasteiger partial charge in [0.25, 0.3) is 0 Å². The number of ketones is 1. The van der Waals surface area contributed by atoms with Crippen LogP contribution in [0.25, 0.3) is 0 Å². The molecular weight excluding hydrogens is 418 g/mol. The second-order valence-electron chi connectivity index (χ2n) is 8.09. The lowest BCUT2D eigenvalue weighted by Crippen LogP contribution is -2.44. The molecule has 0 aliphatic carbocycles. The van der Waals surface area contributed by atoms with Gasteiger partial charge in [0.15, 0.2) is 5.78 Å². The second-order valence-corrected chi connectivity index (χ2v) is 9.16. The van der Waals surface area contributed by atoms with E-state index >= 15 is 0 Å². The van der Waals surface area contributed by atoms with Crippen molar-refractivity contribution in [2.45, 2.75) is 39.2 Å². The van der Waals surface area contributed by atoms with E-state index in [1.807, 2.05) is 19.1 Å². The molecule has 4 rings (SSSR count). The number of hydrogen-bond donors (Lipinski definition) is 3. The zero-order chi connectivity index (χ0) is 22.3. The van der Waals surface area contributed by atoms with Gasteiger partial charge in [-0.05, 0) is 50.1 Å². The number of carbonyl (C=O) groups is 1. The van der Waals surface area contributed by atoms with Crippen LogP contribution >= 0.6 is 11.3 Å². The fourth-order valence-electron chi connectivity index (χ4n) is 3.77. The predicted molar refractivity (Wildman–Crippen MR) is 117 cm³/mol. The van der Waals surface area contributed by atoms with Crippen LogP contribution in [0.5, 0.6) is 23.1 Å². The van der Waals surface area contributed by atoms with Gasteiger partial charge < -0.3 is 19.7 Å². The molecule has 162 valence electrons. The number of Topliss-reactive ketones (excluding diaryl/α,β-unsaturated/α-hetero) is 1. The summed E-state index contributed by atoms with van der Waals surface area (Å²) in [5.74, 6) is 1.03. The maximum absolute atomic E-state index is 12.8. The summed E-state index contributed by atoms with van der Waals surface area (Å²) in [6.07, 6.45) is 0.584. The van der Waals surface area contributed by atoms with Crippen LogP contribution < -0.4 is 14.3 Å². The Morgan fingerprint density at radius 3 is 2.55 bits per heavy atom. The number of thiazole rings is 1. The lowest BCUT2D eigenvalue weighted by molar-refractivity contribution is 0.0187. The maximum Gasteiger partial charge on any atom is 0.307 e. The van der Waals surface area contributed by atoms with Crippen LogP contribution in [0.3, 0.4) is 0 Å². The SMILES string of the molecule is Cc1cc2c(c(C)c1O)C(=O)CC(C)(COc1ccc(Cc3sc(=O)[nH]c3O)cc1)O2. The standard InChI is InChI=1S/C23H23NO6S/c1-12-8-17-19(13(2)20(12)26)16(25)10-23(3,30-17)11-29-15-6-4-14(5-7-15)9-18-21(27)24-22(28)31-18/h4-8,26-27H,9-11H2,1-3H3,(H,24,28). The summed E-state index contributed by atoms with van der Waals surface area (Å²) in [4.78, 5) is 26.7. The van der Waals surface area contributed by atoms with Gasteiger partial charge in [0.05, 0.1) is 16.9 Å². The smallest absolute Gasteiger partial charge is 0.307 e. The Morgan fingerprint density at radius 2 is 1.90 bits per heavy atom. The normalized spacial score (nSPS) is 17.8. The van der Waals surface area contributed by atoms with E-state index in [4.69, 9.17) is 9.47 Å². The number of aromatic nitrogens is 1. The molecule has 1 aliphatic heterocycles. The molecule has 0 bridgehead atoms. The molecule has 1 aliphatic rings. The molecule has 8 heteroatoms. The Balaban J connectivity index is 1.45. The van der Waals surface area contributed by atoms with Crippen LogP contribution in [0.4, 0.5) is 0 Å². The minimum atomic E-state index is -0.832. The van der Waals surface area contributed by atoms with Gasteiger partial charge in [0.2, 0.25) is 5.88 Å². The molecule has 1 atom stereocenters. The van der Waals surface area contributed by atoms with Crippen molar-refractivity contribution in [3.8, 4) is 23.1 Å². The first kappa shape index (κ1) is 21.0. The van der Waals surface area contributed by atoms with Crippen LogP contribution in [-0.4, -0.2) is 33.2 Å². The molecule has 3 aromatic rings. The van der Waals surface area contributed by atoms with Crippen molar-refractivity contribution in [3.63, 3.8) is 0 Å². The Bertz CT molecular complexity index is 1210. The fourth-order valence-corrected chi connectivity index (χ4v) is 4.53. The highest BCUT2D eigenvalue weighted by Crippen LogP contribution is 2.40. The summed E-state index contributed by atoms with van der Waals surface area (Å²) in [6, 6.07) is 9.01. The summed E-state index contributed by atoms with van der Waals surface area (Å²) in [6.45, 7) is 5.49. The monoisotopic (exact) mass is 441 g/mol. The van der Waals surface area contributed by atoms with E-state index in [1.54, 1.807) is 32.0 Å². The topological polar surface area (TPSA) is 109 Å². The van der Waals surface area contributed by atoms with Crippen molar-refractivity contribution in [1.29, 1.82) is 0 Å². The number of ether oxygens (including phenoxy) is 2. The Morgan fingerprint density at radius 1 is 1.19 bits per heavy atom. The summed E-state index contributed by atoms with van der Waals surface area (Å²) < 4.78 is 12.0. The molecule has 2 aromatic carbocycles. The first-order chi connectivity index (χ1) is 14.6. The largest absolute Gasteiger partial charge is 0.507 e. The molecule has 31 heavy (non-hydrogen) atoms. The van der Waals surface area contributed by atoms with E-state index in [1.165, 1.54) is 0 Å². The first-order valence-corrected chi connectivity index (χ1v) is 10.6. The summed E-state index contributed by atoms with van der Waals surface area (Å²) in [7, 11) is 0. The molecule has 0 saturated heterocycles. The van der Waals surface area contributed by atoms with Crippen molar-refractivity contribution in [3.05, 3.63) is 67.1 Å². The number of H-pyrrole nitrogens is 1.